The van der Waals surface area contributed by atoms with Crippen molar-refractivity contribution in [2.24, 2.45) is 11.7 Å². The van der Waals surface area contributed by atoms with Crippen molar-refractivity contribution in [3.8, 4) is 0 Å². The average Bonchev–Trinajstić information content (AvgIpc) is 2.46. The fourth-order valence-corrected chi connectivity index (χ4v) is 3.11. The van der Waals surface area contributed by atoms with Gasteiger partial charge in [-0.05, 0) is 59.7 Å². The second kappa shape index (κ2) is 6.06. The highest BCUT2D eigenvalue weighted by Gasteiger charge is 2.18. The summed E-state index contributed by atoms with van der Waals surface area (Å²) in [7, 11) is 0. The maximum absolute atomic E-state index is 5.95. The standard InChI is InChI=1S/C15H19BrN4/c16-11-7-14-15(20-9-11)13(5-6-18-14)19-8-10-1-3-12(17)4-2-10/h5-7,9-10,12H,1-4,8,17H2,(H,18,19). The van der Waals surface area contributed by atoms with Gasteiger partial charge in [-0.1, -0.05) is 0 Å². The SMILES string of the molecule is NC1CCC(CNc2ccnc3cc(Br)cnc23)CC1. The molecule has 0 amide bonds. The van der Waals surface area contributed by atoms with Crippen LogP contribution < -0.4 is 11.1 Å². The Kier molecular flexibility index (Phi) is 4.17. The molecule has 3 N–H and O–H groups in total. The van der Waals surface area contributed by atoms with E-state index in [9.17, 15) is 0 Å². The van der Waals surface area contributed by atoms with E-state index in [0.717, 1.165) is 40.6 Å². The molecule has 0 spiro atoms. The summed E-state index contributed by atoms with van der Waals surface area (Å²) < 4.78 is 0.955. The molecule has 106 valence electrons. The van der Waals surface area contributed by atoms with Crippen LogP contribution in [0.5, 0.6) is 0 Å². The van der Waals surface area contributed by atoms with E-state index in [2.05, 4.69) is 31.2 Å². The molecule has 0 unspecified atom stereocenters. The van der Waals surface area contributed by atoms with Gasteiger partial charge in [0.2, 0.25) is 0 Å². The van der Waals surface area contributed by atoms with E-state index >= 15 is 0 Å². The molecule has 1 aliphatic rings. The molecule has 0 radical (unpaired) electrons. The maximum atomic E-state index is 5.95. The molecule has 0 saturated heterocycles. The fourth-order valence-electron chi connectivity index (χ4n) is 2.79. The highest BCUT2D eigenvalue weighted by Crippen LogP contribution is 2.26. The fraction of sp³-hybridized carbons (Fsp3) is 0.467. The molecule has 0 aromatic carbocycles. The van der Waals surface area contributed by atoms with E-state index < -0.39 is 0 Å². The van der Waals surface area contributed by atoms with Crippen LogP contribution in [0, 0.1) is 5.92 Å². The third-order valence-corrected chi connectivity index (χ3v) is 4.45. The second-order valence-electron chi connectivity index (χ2n) is 5.54. The minimum Gasteiger partial charge on any atom is -0.383 e. The van der Waals surface area contributed by atoms with Crippen LogP contribution in [0.25, 0.3) is 11.0 Å². The van der Waals surface area contributed by atoms with Gasteiger partial charge in [-0.15, -0.1) is 0 Å². The lowest BCUT2D eigenvalue weighted by Crippen LogP contribution is -2.29. The Bertz CT molecular complexity index is 593. The van der Waals surface area contributed by atoms with E-state index in [0.29, 0.717) is 12.0 Å². The quantitative estimate of drug-likeness (QED) is 0.903. The first-order valence-electron chi connectivity index (χ1n) is 7.12. The minimum atomic E-state index is 0.409. The molecule has 4 nitrogen and oxygen atoms in total. The Labute approximate surface area is 127 Å². The Morgan fingerprint density at radius 3 is 2.85 bits per heavy atom. The van der Waals surface area contributed by atoms with Crippen LogP contribution in [-0.2, 0) is 0 Å². The summed E-state index contributed by atoms with van der Waals surface area (Å²) in [4.78, 5) is 8.82. The lowest BCUT2D eigenvalue weighted by Gasteiger charge is -2.26. The van der Waals surface area contributed by atoms with Crippen molar-refractivity contribution in [2.75, 3.05) is 11.9 Å². The molecule has 0 aliphatic heterocycles. The zero-order valence-electron chi connectivity index (χ0n) is 11.3. The van der Waals surface area contributed by atoms with E-state index in [1.54, 1.807) is 0 Å². The number of hydrogen-bond acceptors (Lipinski definition) is 4. The summed E-state index contributed by atoms with van der Waals surface area (Å²) in [6.07, 6.45) is 8.37. The van der Waals surface area contributed by atoms with E-state index in [1.165, 1.54) is 12.8 Å². The molecular weight excluding hydrogens is 316 g/mol. The lowest BCUT2D eigenvalue weighted by atomic mass is 9.86. The van der Waals surface area contributed by atoms with Crippen molar-refractivity contribution < 1.29 is 0 Å². The summed E-state index contributed by atoms with van der Waals surface area (Å²) in [6.45, 7) is 0.990. The average molecular weight is 335 g/mol. The zero-order chi connectivity index (χ0) is 13.9. The molecule has 2 aromatic rings. The van der Waals surface area contributed by atoms with E-state index in [-0.39, 0.29) is 0 Å². The third-order valence-electron chi connectivity index (χ3n) is 4.02. The van der Waals surface area contributed by atoms with Gasteiger partial charge in [0, 0.05) is 29.5 Å². The molecule has 5 heteroatoms. The number of nitrogens with two attached hydrogens (primary N) is 1. The van der Waals surface area contributed by atoms with Crippen molar-refractivity contribution in [3.05, 3.63) is 29.0 Å². The first kappa shape index (κ1) is 13.8. The van der Waals surface area contributed by atoms with Crippen molar-refractivity contribution in [2.45, 2.75) is 31.7 Å². The normalized spacial score (nSPS) is 22.9. The predicted octanol–water partition coefficient (Wildman–Crippen LogP) is 3.32. The van der Waals surface area contributed by atoms with Gasteiger partial charge >= 0.3 is 0 Å². The zero-order valence-corrected chi connectivity index (χ0v) is 12.9. The topological polar surface area (TPSA) is 63.8 Å². The van der Waals surface area contributed by atoms with Crippen molar-refractivity contribution in [1.82, 2.24) is 9.97 Å². The van der Waals surface area contributed by atoms with Crippen LogP contribution in [0.1, 0.15) is 25.7 Å². The first-order chi connectivity index (χ1) is 9.72. The third kappa shape index (κ3) is 3.10. The van der Waals surface area contributed by atoms with E-state index in [1.807, 2.05) is 24.5 Å². The summed E-state index contributed by atoms with van der Waals surface area (Å²) in [5, 5.41) is 3.53. The number of halogens is 1. The monoisotopic (exact) mass is 334 g/mol. The number of nitrogens with zero attached hydrogens (tertiary/aromatic N) is 2. The second-order valence-corrected chi connectivity index (χ2v) is 6.46. The summed E-state index contributed by atoms with van der Waals surface area (Å²) in [5.41, 5.74) is 8.86. The van der Waals surface area contributed by atoms with Gasteiger partial charge < -0.3 is 11.1 Å². The van der Waals surface area contributed by atoms with Crippen molar-refractivity contribution >= 4 is 32.7 Å². The Balaban J connectivity index is 1.71. The van der Waals surface area contributed by atoms with Crippen LogP contribution in [0.15, 0.2) is 29.0 Å². The van der Waals surface area contributed by atoms with Gasteiger partial charge in [0.1, 0.15) is 5.52 Å². The summed E-state index contributed by atoms with van der Waals surface area (Å²) in [5.74, 6) is 0.716. The van der Waals surface area contributed by atoms with Crippen LogP contribution >= 0.6 is 15.9 Å². The predicted molar refractivity (Wildman–Crippen MR) is 85.7 cm³/mol. The summed E-state index contributed by atoms with van der Waals surface area (Å²) in [6, 6.07) is 4.40. The van der Waals surface area contributed by atoms with Crippen LogP contribution in [-0.4, -0.2) is 22.6 Å². The number of anilines is 1. The Morgan fingerprint density at radius 1 is 1.25 bits per heavy atom. The molecule has 20 heavy (non-hydrogen) atoms. The number of aromatic nitrogens is 2. The van der Waals surface area contributed by atoms with Crippen LogP contribution in [0.3, 0.4) is 0 Å². The van der Waals surface area contributed by atoms with Crippen LogP contribution in [0.2, 0.25) is 0 Å². The molecule has 3 rings (SSSR count). The van der Waals surface area contributed by atoms with Gasteiger partial charge in [-0.25, -0.2) is 0 Å². The van der Waals surface area contributed by atoms with Gasteiger partial charge in [0.25, 0.3) is 0 Å². The molecule has 1 saturated carbocycles. The molecule has 1 fully saturated rings. The molecule has 0 bridgehead atoms. The van der Waals surface area contributed by atoms with Crippen LogP contribution in [0.4, 0.5) is 5.69 Å². The highest BCUT2D eigenvalue weighted by molar-refractivity contribution is 9.10. The van der Waals surface area contributed by atoms with E-state index in [4.69, 9.17) is 5.73 Å². The van der Waals surface area contributed by atoms with Gasteiger partial charge in [0.05, 0.1) is 11.2 Å². The highest BCUT2D eigenvalue weighted by atomic mass is 79.9. The number of hydrogen-bond donors (Lipinski definition) is 2. The number of fused-ring (bicyclic) bond motifs is 1. The van der Waals surface area contributed by atoms with Gasteiger partial charge in [0.15, 0.2) is 0 Å². The minimum absolute atomic E-state index is 0.409. The van der Waals surface area contributed by atoms with Gasteiger partial charge in [-0.3, -0.25) is 9.97 Å². The lowest BCUT2D eigenvalue weighted by molar-refractivity contribution is 0.339. The first-order valence-corrected chi connectivity index (χ1v) is 7.91. The molecule has 1 aliphatic carbocycles. The van der Waals surface area contributed by atoms with Crippen molar-refractivity contribution in [3.63, 3.8) is 0 Å². The summed E-state index contributed by atoms with van der Waals surface area (Å²) >= 11 is 3.43. The molecule has 0 atom stereocenters. The molecule has 2 aromatic heterocycles. The van der Waals surface area contributed by atoms with Gasteiger partial charge in [-0.2, -0.15) is 0 Å². The Morgan fingerprint density at radius 2 is 2.05 bits per heavy atom. The molecule has 2 heterocycles. The van der Waals surface area contributed by atoms with Crippen molar-refractivity contribution in [1.29, 1.82) is 0 Å². The molecular formula is C15H19BrN4. The number of rotatable bonds is 3. The largest absolute Gasteiger partial charge is 0.383 e. The smallest absolute Gasteiger partial charge is 0.112 e. The maximum Gasteiger partial charge on any atom is 0.112 e. The number of nitrogens with one attached hydrogen (secondary N) is 1. The Hall–Kier alpha value is -1.20. The number of pyridine rings is 2.